The van der Waals surface area contributed by atoms with Crippen LogP contribution >= 0.6 is 0 Å². The Kier molecular flexibility index (Phi) is 4.31. The molecule has 1 N–H and O–H groups in total. The van der Waals surface area contributed by atoms with Crippen molar-refractivity contribution in [3.8, 4) is 11.1 Å². The van der Waals surface area contributed by atoms with E-state index in [0.29, 0.717) is 12.5 Å². The number of rotatable bonds is 6. The van der Waals surface area contributed by atoms with Gasteiger partial charge in [-0.3, -0.25) is 0 Å². The Balaban J connectivity index is 1.46. The minimum absolute atomic E-state index is 0.108. The lowest BCUT2D eigenvalue weighted by Crippen LogP contribution is -2.37. The zero-order chi connectivity index (χ0) is 17.2. The highest BCUT2D eigenvalue weighted by Gasteiger charge is 2.33. The summed E-state index contributed by atoms with van der Waals surface area (Å²) in [6.45, 7) is 4.15. The van der Waals surface area contributed by atoms with Gasteiger partial charge in [-0.15, -0.1) is 6.58 Å². The fourth-order valence-electron chi connectivity index (χ4n) is 3.84. The molecule has 1 saturated carbocycles. The zero-order valence-electron chi connectivity index (χ0n) is 14.3. The van der Waals surface area contributed by atoms with Gasteiger partial charge >= 0.3 is 6.09 Å². The number of ether oxygens (including phenoxy) is 1. The maximum absolute atomic E-state index is 12.3. The summed E-state index contributed by atoms with van der Waals surface area (Å²) >= 11 is 0. The third kappa shape index (κ3) is 3.19. The largest absolute Gasteiger partial charge is 0.449 e. The van der Waals surface area contributed by atoms with Gasteiger partial charge in [-0.2, -0.15) is 0 Å². The molecule has 128 valence electrons. The van der Waals surface area contributed by atoms with Crippen LogP contribution in [-0.2, 0) is 4.74 Å². The van der Waals surface area contributed by atoms with Gasteiger partial charge in [0.25, 0.3) is 0 Å². The van der Waals surface area contributed by atoms with Crippen LogP contribution in [-0.4, -0.2) is 18.7 Å². The van der Waals surface area contributed by atoms with Crippen molar-refractivity contribution in [1.82, 2.24) is 5.32 Å². The molecule has 0 bridgehead atoms. The van der Waals surface area contributed by atoms with E-state index in [2.05, 4.69) is 48.3 Å². The Bertz CT molecular complexity index is 749. The molecule has 0 aromatic heterocycles. The number of hydrogen-bond donors (Lipinski definition) is 1. The van der Waals surface area contributed by atoms with Crippen molar-refractivity contribution in [2.24, 2.45) is 5.92 Å². The highest BCUT2D eigenvalue weighted by Crippen LogP contribution is 2.44. The smallest absolute Gasteiger partial charge is 0.407 e. The van der Waals surface area contributed by atoms with Crippen molar-refractivity contribution in [1.29, 1.82) is 0 Å². The molecular weight excluding hydrogens is 310 g/mol. The van der Waals surface area contributed by atoms with E-state index in [-0.39, 0.29) is 18.1 Å². The zero-order valence-corrected chi connectivity index (χ0v) is 14.3. The number of amides is 1. The van der Waals surface area contributed by atoms with Crippen molar-refractivity contribution >= 4 is 6.09 Å². The first-order chi connectivity index (χ1) is 12.3. The van der Waals surface area contributed by atoms with E-state index >= 15 is 0 Å². The standard InChI is InChI=1S/C22H23NO2/c1-2-7-21(15-12-13-15)23-22(24)25-14-20-18-10-5-3-8-16(18)17-9-4-6-11-19(17)20/h2-6,8-11,15,20-21H,1,7,12-14H2,(H,23,24). The fourth-order valence-corrected chi connectivity index (χ4v) is 3.84. The molecule has 2 aliphatic carbocycles. The first kappa shape index (κ1) is 15.9. The van der Waals surface area contributed by atoms with Gasteiger partial charge in [0.15, 0.2) is 0 Å². The van der Waals surface area contributed by atoms with Crippen LogP contribution in [0.15, 0.2) is 61.2 Å². The Morgan fingerprint density at radius 3 is 2.28 bits per heavy atom. The van der Waals surface area contributed by atoms with E-state index in [1.54, 1.807) is 0 Å². The lowest BCUT2D eigenvalue weighted by Gasteiger charge is -2.18. The molecule has 4 rings (SSSR count). The monoisotopic (exact) mass is 333 g/mol. The number of benzene rings is 2. The van der Waals surface area contributed by atoms with Gasteiger partial charge in [0, 0.05) is 12.0 Å². The molecule has 2 aromatic rings. The first-order valence-corrected chi connectivity index (χ1v) is 9.00. The van der Waals surface area contributed by atoms with E-state index in [4.69, 9.17) is 4.74 Å². The molecule has 0 heterocycles. The number of carbonyl (C=O) groups is 1. The Morgan fingerprint density at radius 2 is 1.72 bits per heavy atom. The van der Waals surface area contributed by atoms with Crippen LogP contribution in [0, 0.1) is 5.92 Å². The molecule has 2 aliphatic rings. The summed E-state index contributed by atoms with van der Waals surface area (Å²) in [6.07, 6.45) is 4.71. The van der Waals surface area contributed by atoms with Crippen molar-refractivity contribution in [2.75, 3.05) is 6.61 Å². The lowest BCUT2D eigenvalue weighted by molar-refractivity contribution is 0.138. The lowest BCUT2D eigenvalue weighted by atomic mass is 9.98. The number of fused-ring (bicyclic) bond motifs is 3. The summed E-state index contributed by atoms with van der Waals surface area (Å²) in [7, 11) is 0. The number of carbonyl (C=O) groups excluding carboxylic acids is 1. The van der Waals surface area contributed by atoms with Gasteiger partial charge in [-0.25, -0.2) is 4.79 Å². The number of nitrogens with one attached hydrogen (secondary N) is 1. The van der Waals surface area contributed by atoms with Crippen molar-refractivity contribution in [2.45, 2.75) is 31.2 Å². The van der Waals surface area contributed by atoms with Crippen LogP contribution in [0.1, 0.15) is 36.3 Å². The maximum atomic E-state index is 12.3. The van der Waals surface area contributed by atoms with Gasteiger partial charge < -0.3 is 10.1 Å². The first-order valence-electron chi connectivity index (χ1n) is 9.00. The molecule has 0 aliphatic heterocycles. The minimum Gasteiger partial charge on any atom is -0.449 e. The fraction of sp³-hybridized carbons (Fsp3) is 0.318. The summed E-state index contributed by atoms with van der Waals surface area (Å²) in [6, 6.07) is 16.9. The SMILES string of the molecule is C=CCC(NC(=O)OCC1c2ccccc2-c2ccccc21)C1CC1. The van der Waals surface area contributed by atoms with Crippen LogP contribution < -0.4 is 5.32 Å². The molecule has 0 radical (unpaired) electrons. The molecule has 2 aromatic carbocycles. The minimum atomic E-state index is -0.319. The molecule has 1 amide bonds. The van der Waals surface area contributed by atoms with Crippen LogP contribution in [0.25, 0.3) is 11.1 Å². The molecule has 0 saturated heterocycles. The quantitative estimate of drug-likeness (QED) is 0.765. The molecule has 3 nitrogen and oxygen atoms in total. The van der Waals surface area contributed by atoms with E-state index in [1.165, 1.54) is 35.1 Å². The molecule has 0 spiro atoms. The second kappa shape index (κ2) is 6.75. The van der Waals surface area contributed by atoms with Crippen molar-refractivity contribution in [3.63, 3.8) is 0 Å². The summed E-state index contributed by atoms with van der Waals surface area (Å²) in [4.78, 5) is 12.3. The summed E-state index contributed by atoms with van der Waals surface area (Å²) in [5.74, 6) is 0.690. The van der Waals surface area contributed by atoms with Crippen molar-refractivity contribution in [3.05, 3.63) is 72.3 Å². The topological polar surface area (TPSA) is 38.3 Å². The van der Waals surface area contributed by atoms with Gasteiger partial charge in [-0.05, 0) is 47.4 Å². The van der Waals surface area contributed by atoms with E-state index in [9.17, 15) is 4.79 Å². The third-order valence-corrected chi connectivity index (χ3v) is 5.26. The van der Waals surface area contributed by atoms with E-state index in [0.717, 1.165) is 6.42 Å². The van der Waals surface area contributed by atoms with E-state index < -0.39 is 0 Å². The van der Waals surface area contributed by atoms with Crippen LogP contribution in [0.4, 0.5) is 4.79 Å². The Morgan fingerprint density at radius 1 is 1.12 bits per heavy atom. The summed E-state index contributed by atoms with van der Waals surface area (Å²) < 4.78 is 5.61. The normalized spacial score (nSPS) is 16.6. The maximum Gasteiger partial charge on any atom is 0.407 e. The molecular formula is C22H23NO2. The van der Waals surface area contributed by atoms with E-state index in [1.807, 2.05) is 18.2 Å². The average molecular weight is 333 g/mol. The highest BCUT2D eigenvalue weighted by atomic mass is 16.5. The van der Waals surface area contributed by atoms with Crippen LogP contribution in [0.5, 0.6) is 0 Å². The predicted molar refractivity (Wildman–Crippen MR) is 99.5 cm³/mol. The second-order valence-corrected chi connectivity index (χ2v) is 6.94. The number of alkyl carbamates (subject to hydrolysis) is 1. The average Bonchev–Trinajstić information content (AvgIpc) is 3.43. The highest BCUT2D eigenvalue weighted by molar-refractivity contribution is 5.79. The van der Waals surface area contributed by atoms with Gasteiger partial charge in [0.05, 0.1) is 0 Å². The summed E-state index contributed by atoms with van der Waals surface area (Å²) in [5.41, 5.74) is 4.96. The van der Waals surface area contributed by atoms with Gasteiger partial charge in [0.1, 0.15) is 6.61 Å². The Hall–Kier alpha value is -2.55. The van der Waals surface area contributed by atoms with Gasteiger partial charge in [-0.1, -0.05) is 54.6 Å². The molecule has 25 heavy (non-hydrogen) atoms. The van der Waals surface area contributed by atoms with Crippen LogP contribution in [0.2, 0.25) is 0 Å². The molecule has 1 fully saturated rings. The third-order valence-electron chi connectivity index (χ3n) is 5.26. The Labute approximate surface area is 148 Å². The second-order valence-electron chi connectivity index (χ2n) is 6.94. The van der Waals surface area contributed by atoms with Gasteiger partial charge in [0.2, 0.25) is 0 Å². The predicted octanol–water partition coefficient (Wildman–Crippen LogP) is 4.88. The van der Waals surface area contributed by atoms with Crippen LogP contribution in [0.3, 0.4) is 0 Å². The molecule has 1 unspecified atom stereocenters. The molecule has 1 atom stereocenters. The summed E-state index contributed by atoms with van der Waals surface area (Å²) in [5, 5.41) is 3.02. The molecule has 3 heteroatoms. The number of hydrogen-bond acceptors (Lipinski definition) is 2. The van der Waals surface area contributed by atoms with Crippen molar-refractivity contribution < 1.29 is 9.53 Å².